The van der Waals surface area contributed by atoms with Gasteiger partial charge in [0.2, 0.25) is 0 Å². The van der Waals surface area contributed by atoms with E-state index in [4.69, 9.17) is 0 Å². The molecule has 0 saturated heterocycles. The molecule has 1 aromatic carbocycles. The van der Waals surface area contributed by atoms with Gasteiger partial charge in [-0.05, 0) is 25.1 Å². The summed E-state index contributed by atoms with van der Waals surface area (Å²) in [7, 11) is 0. The Balaban J connectivity index is 2.83. The van der Waals surface area contributed by atoms with Crippen molar-refractivity contribution < 1.29 is 18.3 Å². The second-order valence-corrected chi connectivity index (χ2v) is 3.98. The van der Waals surface area contributed by atoms with Crippen molar-refractivity contribution in [2.24, 2.45) is 0 Å². The summed E-state index contributed by atoms with van der Waals surface area (Å²) in [5.41, 5.74) is -1.28. The third-order valence-corrected chi connectivity index (χ3v) is 2.81. The van der Waals surface area contributed by atoms with Gasteiger partial charge in [0.25, 0.3) is 5.56 Å². The molecular formula is C12H11F3N2O2. The number of hydrogen-bond donors (Lipinski definition) is 1. The van der Waals surface area contributed by atoms with E-state index in [1.165, 1.54) is 0 Å². The van der Waals surface area contributed by atoms with E-state index in [1.54, 1.807) is 6.92 Å². The fourth-order valence-electron chi connectivity index (χ4n) is 1.86. The fourth-order valence-corrected chi connectivity index (χ4v) is 1.86. The van der Waals surface area contributed by atoms with Crippen LogP contribution < -0.4 is 5.56 Å². The molecule has 0 aliphatic carbocycles. The van der Waals surface area contributed by atoms with Crippen LogP contribution in [0.1, 0.15) is 18.2 Å². The van der Waals surface area contributed by atoms with Crippen molar-refractivity contribution in [3.05, 3.63) is 39.8 Å². The van der Waals surface area contributed by atoms with E-state index in [9.17, 15) is 23.1 Å². The Kier molecular flexibility index (Phi) is 3.32. The van der Waals surface area contributed by atoms with E-state index >= 15 is 0 Å². The van der Waals surface area contributed by atoms with Crippen LogP contribution in [0.5, 0.6) is 0 Å². The molecule has 4 nitrogen and oxygen atoms in total. The van der Waals surface area contributed by atoms with Crippen LogP contribution in [0.4, 0.5) is 13.2 Å². The summed E-state index contributed by atoms with van der Waals surface area (Å²) in [6.07, 6.45) is -4.50. The maximum absolute atomic E-state index is 12.6. The molecular weight excluding hydrogens is 261 g/mol. The Bertz CT molecular complexity index is 677. The quantitative estimate of drug-likeness (QED) is 0.908. The largest absolute Gasteiger partial charge is 0.416 e. The fraction of sp³-hybridized carbons (Fsp3) is 0.333. The number of rotatable bonds is 2. The van der Waals surface area contributed by atoms with Crippen molar-refractivity contribution >= 4 is 10.8 Å². The lowest BCUT2D eigenvalue weighted by Crippen LogP contribution is -2.24. The number of halogens is 3. The third-order valence-electron chi connectivity index (χ3n) is 2.81. The molecule has 1 heterocycles. The lowest BCUT2D eigenvalue weighted by atomic mass is 10.1. The van der Waals surface area contributed by atoms with Crippen molar-refractivity contribution in [3.63, 3.8) is 0 Å². The van der Waals surface area contributed by atoms with Crippen LogP contribution in [0.2, 0.25) is 0 Å². The number of aromatic nitrogens is 2. The number of aliphatic hydroxyl groups excluding tert-OH is 1. The van der Waals surface area contributed by atoms with Crippen LogP contribution in [-0.4, -0.2) is 14.9 Å². The number of alkyl halides is 3. The highest BCUT2D eigenvalue weighted by Gasteiger charge is 2.31. The number of nitrogens with zero attached hydrogens (tertiary/aromatic N) is 2. The first-order valence-electron chi connectivity index (χ1n) is 5.60. The summed E-state index contributed by atoms with van der Waals surface area (Å²) in [6, 6.07) is 2.81. The number of aliphatic hydroxyl groups is 1. The van der Waals surface area contributed by atoms with E-state index in [0.717, 1.165) is 22.9 Å². The molecule has 0 fully saturated rings. The van der Waals surface area contributed by atoms with Gasteiger partial charge in [0.15, 0.2) is 0 Å². The molecule has 0 unspecified atom stereocenters. The Labute approximate surface area is 106 Å². The van der Waals surface area contributed by atoms with E-state index in [1.807, 2.05) is 0 Å². The van der Waals surface area contributed by atoms with Gasteiger partial charge in [-0.1, -0.05) is 0 Å². The van der Waals surface area contributed by atoms with Gasteiger partial charge in [-0.25, -0.2) is 4.68 Å². The molecule has 0 aliphatic heterocycles. The van der Waals surface area contributed by atoms with Crippen molar-refractivity contribution in [1.82, 2.24) is 9.78 Å². The lowest BCUT2D eigenvalue weighted by molar-refractivity contribution is -0.137. The summed E-state index contributed by atoms with van der Waals surface area (Å²) in [5, 5.41) is 13.2. The standard InChI is InChI=1S/C12H11F3N2O2/c1-2-17-11(19)8-4-3-7(12(13,14)15)5-9(8)10(6-18)16-17/h3-5,18H,2,6H2,1H3. The molecule has 102 valence electrons. The van der Waals surface area contributed by atoms with E-state index in [2.05, 4.69) is 5.10 Å². The second kappa shape index (κ2) is 4.65. The zero-order chi connectivity index (χ0) is 14.2. The first-order valence-corrected chi connectivity index (χ1v) is 5.60. The highest BCUT2D eigenvalue weighted by atomic mass is 19.4. The van der Waals surface area contributed by atoms with Crippen molar-refractivity contribution in [2.75, 3.05) is 0 Å². The monoisotopic (exact) mass is 272 g/mol. The molecule has 1 N–H and O–H groups in total. The first kappa shape index (κ1) is 13.5. The van der Waals surface area contributed by atoms with Crippen LogP contribution in [-0.2, 0) is 19.3 Å². The van der Waals surface area contributed by atoms with Gasteiger partial charge in [0, 0.05) is 11.9 Å². The molecule has 2 rings (SSSR count). The third kappa shape index (κ3) is 2.33. The normalized spacial score (nSPS) is 12.1. The van der Waals surface area contributed by atoms with Crippen LogP contribution in [0, 0.1) is 0 Å². The van der Waals surface area contributed by atoms with Gasteiger partial charge in [0.1, 0.15) is 0 Å². The van der Waals surface area contributed by atoms with Gasteiger partial charge in [-0.2, -0.15) is 18.3 Å². The highest BCUT2D eigenvalue weighted by Crippen LogP contribution is 2.31. The zero-order valence-corrected chi connectivity index (χ0v) is 10.0. The summed E-state index contributed by atoms with van der Waals surface area (Å²) >= 11 is 0. The van der Waals surface area contributed by atoms with Gasteiger partial charge in [-0.15, -0.1) is 0 Å². The minimum atomic E-state index is -4.50. The molecule has 0 spiro atoms. The molecule has 0 atom stereocenters. The summed E-state index contributed by atoms with van der Waals surface area (Å²) in [5.74, 6) is 0. The zero-order valence-electron chi connectivity index (χ0n) is 10.0. The maximum atomic E-state index is 12.6. The molecule has 0 aliphatic rings. The maximum Gasteiger partial charge on any atom is 0.416 e. The van der Waals surface area contributed by atoms with E-state index < -0.39 is 23.9 Å². The lowest BCUT2D eigenvalue weighted by Gasteiger charge is -2.11. The number of hydrogen-bond acceptors (Lipinski definition) is 3. The average Bonchev–Trinajstić information content (AvgIpc) is 2.38. The number of fused-ring (bicyclic) bond motifs is 1. The molecule has 2 aromatic rings. The van der Waals surface area contributed by atoms with Crippen molar-refractivity contribution in [3.8, 4) is 0 Å². The van der Waals surface area contributed by atoms with E-state index in [-0.39, 0.29) is 23.0 Å². The molecule has 7 heteroatoms. The van der Waals surface area contributed by atoms with Crippen LogP contribution in [0.15, 0.2) is 23.0 Å². The summed E-state index contributed by atoms with van der Waals surface area (Å²) in [6.45, 7) is 1.44. The minimum absolute atomic E-state index is 0.0343. The molecule has 0 bridgehead atoms. The van der Waals surface area contributed by atoms with E-state index in [0.29, 0.717) is 0 Å². The van der Waals surface area contributed by atoms with Crippen LogP contribution in [0.3, 0.4) is 0 Å². The number of aryl methyl sites for hydroxylation is 1. The van der Waals surface area contributed by atoms with Crippen molar-refractivity contribution in [1.29, 1.82) is 0 Å². The smallest absolute Gasteiger partial charge is 0.390 e. The highest BCUT2D eigenvalue weighted by molar-refractivity contribution is 5.84. The SMILES string of the molecule is CCn1nc(CO)c2cc(C(F)(F)F)ccc2c1=O. The van der Waals surface area contributed by atoms with Gasteiger partial charge in [-0.3, -0.25) is 4.79 Å². The molecule has 19 heavy (non-hydrogen) atoms. The van der Waals surface area contributed by atoms with Gasteiger partial charge >= 0.3 is 6.18 Å². The summed E-state index contributed by atoms with van der Waals surface area (Å²) in [4.78, 5) is 11.9. The number of benzene rings is 1. The Morgan fingerprint density at radius 3 is 2.53 bits per heavy atom. The van der Waals surface area contributed by atoms with Crippen LogP contribution in [0.25, 0.3) is 10.8 Å². The average molecular weight is 272 g/mol. The minimum Gasteiger partial charge on any atom is -0.390 e. The van der Waals surface area contributed by atoms with Crippen LogP contribution >= 0.6 is 0 Å². The predicted molar refractivity (Wildman–Crippen MR) is 62.6 cm³/mol. The predicted octanol–water partition coefficient (Wildman–Crippen LogP) is 1.93. The molecule has 0 amide bonds. The topological polar surface area (TPSA) is 55.1 Å². The first-order chi connectivity index (χ1) is 8.88. The van der Waals surface area contributed by atoms with Gasteiger partial charge < -0.3 is 5.11 Å². The molecule has 0 saturated carbocycles. The Morgan fingerprint density at radius 2 is 2.00 bits per heavy atom. The Hall–Kier alpha value is -1.89. The Morgan fingerprint density at radius 1 is 1.32 bits per heavy atom. The van der Waals surface area contributed by atoms with Crippen molar-refractivity contribution in [2.45, 2.75) is 26.3 Å². The summed E-state index contributed by atoms with van der Waals surface area (Å²) < 4.78 is 39.0. The second-order valence-electron chi connectivity index (χ2n) is 3.98. The molecule has 1 aromatic heterocycles. The van der Waals surface area contributed by atoms with Gasteiger partial charge in [0.05, 0.1) is 23.3 Å². The molecule has 0 radical (unpaired) electrons.